The van der Waals surface area contributed by atoms with Crippen LogP contribution in [-0.4, -0.2) is 35.9 Å². The number of halogens is 4. The monoisotopic (exact) mass is 439 g/mol. The Kier molecular flexibility index (Phi) is 6.14. The van der Waals surface area contributed by atoms with Crippen molar-refractivity contribution in [1.29, 1.82) is 0 Å². The van der Waals surface area contributed by atoms with Crippen LogP contribution in [0.25, 0.3) is 0 Å². The van der Waals surface area contributed by atoms with Gasteiger partial charge in [-0.15, -0.1) is 0 Å². The number of alkyl halides is 2. The molecule has 4 amide bonds. The summed E-state index contributed by atoms with van der Waals surface area (Å²) in [5.41, 5.74) is -1.68. The Bertz CT molecular complexity index is 1020. The van der Waals surface area contributed by atoms with Crippen molar-refractivity contribution in [3.05, 3.63) is 65.2 Å². The van der Waals surface area contributed by atoms with Gasteiger partial charge in [0.15, 0.2) is 0 Å². The van der Waals surface area contributed by atoms with Gasteiger partial charge in [-0.05, 0) is 42.8 Å². The number of nitrogens with one attached hydrogen (secondary N) is 2. The summed E-state index contributed by atoms with van der Waals surface area (Å²) in [4.78, 5) is 37.8. The molecule has 0 bridgehead atoms. The molecule has 1 saturated heterocycles. The summed E-state index contributed by atoms with van der Waals surface area (Å²) in [6, 6.07) is 7.08. The van der Waals surface area contributed by atoms with Crippen LogP contribution >= 0.6 is 0 Å². The van der Waals surface area contributed by atoms with Crippen molar-refractivity contribution < 1.29 is 36.7 Å². The van der Waals surface area contributed by atoms with Gasteiger partial charge in [-0.2, -0.15) is 8.78 Å². The van der Waals surface area contributed by atoms with Gasteiger partial charge >= 0.3 is 12.6 Å². The van der Waals surface area contributed by atoms with Crippen molar-refractivity contribution in [1.82, 2.24) is 15.5 Å². The fourth-order valence-corrected chi connectivity index (χ4v) is 3.09. The van der Waals surface area contributed by atoms with Crippen molar-refractivity contribution in [2.45, 2.75) is 25.6 Å². The summed E-state index contributed by atoms with van der Waals surface area (Å²) in [7, 11) is 0. The molecule has 31 heavy (non-hydrogen) atoms. The van der Waals surface area contributed by atoms with E-state index in [1.807, 2.05) is 0 Å². The van der Waals surface area contributed by atoms with Gasteiger partial charge in [0.05, 0.1) is 0 Å². The second-order valence-corrected chi connectivity index (χ2v) is 6.87. The number of hydrogen-bond donors (Lipinski definition) is 2. The fourth-order valence-electron chi connectivity index (χ4n) is 3.09. The Labute approximate surface area is 174 Å². The lowest BCUT2D eigenvalue weighted by molar-refractivity contribution is -0.134. The Morgan fingerprint density at radius 3 is 2.48 bits per heavy atom. The predicted molar refractivity (Wildman–Crippen MR) is 98.9 cm³/mol. The highest BCUT2D eigenvalue weighted by molar-refractivity contribution is 6.09. The molecule has 0 aliphatic carbocycles. The Hall–Kier alpha value is -3.63. The number of amides is 4. The zero-order valence-corrected chi connectivity index (χ0v) is 16.1. The minimum absolute atomic E-state index is 0.00671. The third-order valence-corrected chi connectivity index (χ3v) is 4.68. The van der Waals surface area contributed by atoms with Crippen LogP contribution in [0.2, 0.25) is 0 Å². The van der Waals surface area contributed by atoms with Gasteiger partial charge in [-0.3, -0.25) is 14.5 Å². The molecule has 2 N–H and O–H groups in total. The largest absolute Gasteiger partial charge is 0.435 e. The molecule has 1 heterocycles. The number of carbonyl (C=O) groups is 3. The maximum Gasteiger partial charge on any atom is 0.387 e. The summed E-state index contributed by atoms with van der Waals surface area (Å²) in [6.45, 7) is -2.40. The molecule has 1 unspecified atom stereocenters. The van der Waals surface area contributed by atoms with Crippen molar-refractivity contribution in [2.75, 3.05) is 6.54 Å². The number of hydrogen-bond acceptors (Lipinski definition) is 4. The van der Waals surface area contributed by atoms with Crippen LogP contribution in [0, 0.1) is 11.6 Å². The van der Waals surface area contributed by atoms with Crippen molar-refractivity contribution in [2.24, 2.45) is 0 Å². The normalized spacial score (nSPS) is 18.3. The molecule has 1 aliphatic rings. The van der Waals surface area contributed by atoms with Crippen LogP contribution < -0.4 is 15.4 Å². The van der Waals surface area contributed by atoms with Gasteiger partial charge in [0.25, 0.3) is 5.91 Å². The summed E-state index contributed by atoms with van der Waals surface area (Å²) < 4.78 is 56.2. The van der Waals surface area contributed by atoms with Crippen LogP contribution in [0.4, 0.5) is 22.4 Å². The molecule has 3 rings (SSSR count). The van der Waals surface area contributed by atoms with Gasteiger partial charge in [0.2, 0.25) is 5.91 Å². The van der Waals surface area contributed by atoms with E-state index in [-0.39, 0.29) is 17.9 Å². The first-order chi connectivity index (χ1) is 14.6. The zero-order valence-electron chi connectivity index (χ0n) is 16.1. The molecule has 0 radical (unpaired) electrons. The zero-order chi connectivity index (χ0) is 22.8. The number of benzene rings is 2. The molecule has 2 aromatic carbocycles. The number of rotatable bonds is 7. The van der Waals surface area contributed by atoms with Crippen LogP contribution in [-0.2, 0) is 21.7 Å². The lowest BCUT2D eigenvalue weighted by Gasteiger charge is -2.22. The molecule has 1 fully saturated rings. The molecule has 2 aromatic rings. The average molecular weight is 439 g/mol. The first-order valence-corrected chi connectivity index (χ1v) is 9.00. The van der Waals surface area contributed by atoms with E-state index in [0.717, 1.165) is 18.2 Å². The molecule has 0 saturated carbocycles. The third-order valence-electron chi connectivity index (χ3n) is 4.68. The van der Waals surface area contributed by atoms with Gasteiger partial charge in [0, 0.05) is 12.1 Å². The van der Waals surface area contributed by atoms with Crippen LogP contribution in [0.5, 0.6) is 5.75 Å². The van der Waals surface area contributed by atoms with Crippen LogP contribution in [0.3, 0.4) is 0 Å². The summed E-state index contributed by atoms with van der Waals surface area (Å²) >= 11 is 0. The lowest BCUT2D eigenvalue weighted by Crippen LogP contribution is -2.43. The van der Waals surface area contributed by atoms with E-state index < -0.39 is 48.2 Å². The van der Waals surface area contributed by atoms with E-state index in [1.54, 1.807) is 0 Å². The van der Waals surface area contributed by atoms with Gasteiger partial charge < -0.3 is 15.4 Å². The van der Waals surface area contributed by atoms with Crippen molar-refractivity contribution in [3.8, 4) is 5.75 Å². The van der Waals surface area contributed by atoms with E-state index >= 15 is 0 Å². The maximum atomic E-state index is 14.1. The predicted octanol–water partition coefficient (Wildman–Crippen LogP) is 2.65. The Balaban J connectivity index is 1.63. The molecule has 7 nitrogen and oxygen atoms in total. The third kappa shape index (κ3) is 4.76. The van der Waals surface area contributed by atoms with E-state index in [0.29, 0.717) is 10.5 Å². The number of imide groups is 1. The van der Waals surface area contributed by atoms with E-state index in [9.17, 15) is 31.9 Å². The van der Waals surface area contributed by atoms with E-state index in [2.05, 4.69) is 15.4 Å². The van der Waals surface area contributed by atoms with Gasteiger partial charge in [-0.25, -0.2) is 13.6 Å². The average Bonchev–Trinajstić information content (AvgIpc) is 2.92. The highest BCUT2D eigenvalue weighted by Crippen LogP contribution is 2.31. The molecule has 0 spiro atoms. The summed E-state index contributed by atoms with van der Waals surface area (Å²) in [5, 5.41) is 4.77. The Morgan fingerprint density at radius 1 is 1.16 bits per heavy atom. The van der Waals surface area contributed by atoms with Crippen LogP contribution in [0.15, 0.2) is 42.5 Å². The molecule has 1 atom stereocenters. The number of urea groups is 1. The van der Waals surface area contributed by atoms with Gasteiger partial charge in [-0.1, -0.05) is 12.1 Å². The molecule has 1 aliphatic heterocycles. The SMILES string of the molecule is CC1(c2cc(F)ccc2F)NC(=O)N(CC(=O)NCc2ccc(OC(F)F)cc2)C1=O. The summed E-state index contributed by atoms with van der Waals surface area (Å²) in [5.74, 6) is -3.33. The number of ether oxygens (including phenoxy) is 1. The molecule has 0 aromatic heterocycles. The molecule has 164 valence electrons. The highest BCUT2D eigenvalue weighted by atomic mass is 19.3. The van der Waals surface area contributed by atoms with Crippen molar-refractivity contribution in [3.63, 3.8) is 0 Å². The molecular weight excluding hydrogens is 422 g/mol. The van der Waals surface area contributed by atoms with Crippen LogP contribution in [0.1, 0.15) is 18.1 Å². The first-order valence-electron chi connectivity index (χ1n) is 9.00. The minimum atomic E-state index is -2.96. The lowest BCUT2D eigenvalue weighted by atomic mass is 9.91. The second-order valence-electron chi connectivity index (χ2n) is 6.87. The topological polar surface area (TPSA) is 87.7 Å². The second kappa shape index (κ2) is 8.62. The first kappa shape index (κ1) is 22.1. The fraction of sp³-hybridized carbons (Fsp3) is 0.250. The Morgan fingerprint density at radius 2 is 1.84 bits per heavy atom. The molecular formula is C20H17F4N3O4. The maximum absolute atomic E-state index is 14.1. The number of carbonyl (C=O) groups excluding carboxylic acids is 3. The smallest absolute Gasteiger partial charge is 0.387 e. The number of nitrogens with zero attached hydrogens (tertiary/aromatic N) is 1. The van der Waals surface area contributed by atoms with Crippen molar-refractivity contribution >= 4 is 17.8 Å². The minimum Gasteiger partial charge on any atom is -0.435 e. The highest BCUT2D eigenvalue weighted by Gasteiger charge is 2.50. The van der Waals surface area contributed by atoms with Gasteiger partial charge in [0.1, 0.15) is 29.5 Å². The van der Waals surface area contributed by atoms with E-state index in [4.69, 9.17) is 0 Å². The standard InChI is InChI=1S/C20H17F4N3O4/c1-20(14-8-12(21)4-7-15(14)22)17(29)27(19(30)26-20)10-16(28)25-9-11-2-5-13(6-3-11)31-18(23)24/h2-8,18H,9-10H2,1H3,(H,25,28)(H,26,30). The molecule has 11 heteroatoms. The quantitative estimate of drug-likeness (QED) is 0.513. The van der Waals surface area contributed by atoms with E-state index in [1.165, 1.54) is 31.2 Å². The summed E-state index contributed by atoms with van der Waals surface area (Å²) in [6.07, 6.45) is 0.